The van der Waals surface area contributed by atoms with E-state index in [2.05, 4.69) is 10.4 Å². The lowest BCUT2D eigenvalue weighted by atomic mass is 10.2. The van der Waals surface area contributed by atoms with Gasteiger partial charge in [-0.3, -0.25) is 4.79 Å². The predicted molar refractivity (Wildman–Crippen MR) is 61.3 cm³/mol. The Hall–Kier alpha value is -2.37. The maximum absolute atomic E-state index is 12.9. The molecular formula is C11H11FN4O. The van der Waals surface area contributed by atoms with Gasteiger partial charge >= 0.3 is 0 Å². The summed E-state index contributed by atoms with van der Waals surface area (Å²) in [4.78, 5) is 11.3. The van der Waals surface area contributed by atoms with E-state index in [4.69, 9.17) is 5.73 Å². The maximum atomic E-state index is 12.9. The summed E-state index contributed by atoms with van der Waals surface area (Å²) < 4.78 is 14.3. The summed E-state index contributed by atoms with van der Waals surface area (Å²) in [6, 6.07) is 5.55. The number of hydrogen-bond donors (Lipinski definition) is 2. The molecule has 1 heterocycles. The molecule has 0 aliphatic carbocycles. The first-order valence-corrected chi connectivity index (χ1v) is 4.95. The molecule has 2 aromatic rings. The van der Waals surface area contributed by atoms with E-state index in [1.807, 2.05) is 0 Å². The molecule has 1 aromatic heterocycles. The molecule has 0 unspecified atom stereocenters. The topological polar surface area (TPSA) is 72.9 Å². The van der Waals surface area contributed by atoms with Gasteiger partial charge in [0.25, 0.3) is 5.91 Å². The third-order valence-electron chi connectivity index (χ3n) is 2.29. The van der Waals surface area contributed by atoms with Gasteiger partial charge in [0.1, 0.15) is 5.82 Å². The highest BCUT2D eigenvalue weighted by atomic mass is 19.1. The number of aromatic nitrogens is 2. The van der Waals surface area contributed by atoms with Crippen LogP contribution in [0, 0.1) is 5.82 Å². The second kappa shape index (κ2) is 4.25. The lowest BCUT2D eigenvalue weighted by Gasteiger charge is -2.05. The minimum Gasteiger partial charge on any atom is -0.397 e. The fraction of sp³-hybridized carbons (Fsp3) is 0.0909. The molecule has 1 amide bonds. The average molecular weight is 234 g/mol. The molecule has 0 saturated heterocycles. The summed E-state index contributed by atoms with van der Waals surface area (Å²) in [5, 5.41) is 6.51. The lowest BCUT2D eigenvalue weighted by Crippen LogP contribution is -2.18. The number of carbonyl (C=O) groups is 1. The molecule has 0 fully saturated rings. The van der Waals surface area contributed by atoms with E-state index in [1.54, 1.807) is 12.3 Å². The lowest BCUT2D eigenvalue weighted by molar-refractivity contribution is 0.0957. The van der Waals surface area contributed by atoms with Gasteiger partial charge in [0, 0.05) is 13.2 Å². The number of rotatable bonds is 2. The van der Waals surface area contributed by atoms with Crippen molar-refractivity contribution in [3.63, 3.8) is 0 Å². The van der Waals surface area contributed by atoms with Crippen LogP contribution in [0.5, 0.6) is 0 Å². The minimum atomic E-state index is -0.412. The Labute approximate surface area is 97.0 Å². The Morgan fingerprint density at radius 2 is 2.24 bits per heavy atom. The van der Waals surface area contributed by atoms with Crippen molar-refractivity contribution in [2.45, 2.75) is 0 Å². The quantitative estimate of drug-likeness (QED) is 0.760. The van der Waals surface area contributed by atoms with Gasteiger partial charge in [-0.15, -0.1) is 0 Å². The summed E-state index contributed by atoms with van der Waals surface area (Å²) in [5.74, 6) is -0.700. The monoisotopic (exact) mass is 234 g/mol. The van der Waals surface area contributed by atoms with Crippen LogP contribution in [0.1, 0.15) is 10.5 Å². The van der Waals surface area contributed by atoms with Crippen molar-refractivity contribution < 1.29 is 9.18 Å². The van der Waals surface area contributed by atoms with Crippen molar-refractivity contribution in [2.75, 3.05) is 12.8 Å². The van der Waals surface area contributed by atoms with E-state index in [9.17, 15) is 9.18 Å². The molecule has 17 heavy (non-hydrogen) atoms. The van der Waals surface area contributed by atoms with Crippen molar-refractivity contribution >= 4 is 11.6 Å². The van der Waals surface area contributed by atoms with E-state index in [1.165, 1.54) is 29.9 Å². The molecule has 0 saturated carbocycles. The van der Waals surface area contributed by atoms with Gasteiger partial charge in [-0.25, -0.2) is 9.07 Å². The largest absolute Gasteiger partial charge is 0.397 e. The van der Waals surface area contributed by atoms with Crippen molar-refractivity contribution in [3.05, 3.63) is 42.0 Å². The molecule has 88 valence electrons. The van der Waals surface area contributed by atoms with Gasteiger partial charge < -0.3 is 11.1 Å². The number of nitrogens with zero attached hydrogens (tertiary/aromatic N) is 2. The summed E-state index contributed by atoms with van der Waals surface area (Å²) in [5.41, 5.74) is 6.73. The van der Waals surface area contributed by atoms with Gasteiger partial charge in [-0.05, 0) is 24.3 Å². The van der Waals surface area contributed by atoms with E-state index in [0.717, 1.165) is 0 Å². The number of carbonyl (C=O) groups excluding carboxylic acids is 1. The first-order chi connectivity index (χ1) is 8.11. The molecule has 0 spiro atoms. The number of nitrogen functional groups attached to an aromatic ring is 1. The minimum absolute atomic E-state index is 0.261. The Balaban J connectivity index is 2.40. The van der Waals surface area contributed by atoms with Crippen molar-refractivity contribution in [2.24, 2.45) is 0 Å². The normalized spacial score (nSPS) is 10.2. The third-order valence-corrected chi connectivity index (χ3v) is 2.29. The fourth-order valence-corrected chi connectivity index (χ4v) is 1.44. The van der Waals surface area contributed by atoms with Crippen LogP contribution in [0.2, 0.25) is 0 Å². The van der Waals surface area contributed by atoms with Crippen molar-refractivity contribution in [1.82, 2.24) is 15.1 Å². The zero-order valence-corrected chi connectivity index (χ0v) is 9.14. The number of hydrogen-bond acceptors (Lipinski definition) is 3. The molecule has 0 bridgehead atoms. The highest BCUT2D eigenvalue weighted by Crippen LogP contribution is 2.17. The molecule has 3 N–H and O–H groups in total. The average Bonchev–Trinajstić information content (AvgIpc) is 2.77. The molecule has 1 aromatic carbocycles. The third kappa shape index (κ3) is 2.10. The van der Waals surface area contributed by atoms with E-state index in [0.29, 0.717) is 5.69 Å². The Kier molecular flexibility index (Phi) is 2.78. The van der Waals surface area contributed by atoms with Crippen LogP contribution in [0.25, 0.3) is 5.69 Å². The Bertz CT molecular complexity index is 564. The summed E-state index contributed by atoms with van der Waals surface area (Å²) in [6.07, 6.45) is 1.59. The number of halogens is 1. The van der Waals surface area contributed by atoms with Crippen molar-refractivity contribution in [3.8, 4) is 5.69 Å². The van der Waals surface area contributed by atoms with Crippen molar-refractivity contribution in [1.29, 1.82) is 0 Å². The number of benzene rings is 1. The maximum Gasteiger partial charge on any atom is 0.271 e. The van der Waals surface area contributed by atoms with E-state index >= 15 is 0 Å². The Morgan fingerprint density at radius 3 is 2.88 bits per heavy atom. The first kappa shape index (κ1) is 11.1. The van der Waals surface area contributed by atoms with Crippen LogP contribution in [0.4, 0.5) is 10.1 Å². The zero-order chi connectivity index (χ0) is 12.4. The summed E-state index contributed by atoms with van der Waals surface area (Å²) in [7, 11) is 1.52. The highest BCUT2D eigenvalue weighted by Gasteiger charge is 2.09. The number of nitrogens with two attached hydrogens (primary N) is 1. The molecule has 5 nitrogen and oxygen atoms in total. The molecule has 6 heteroatoms. The number of anilines is 1. The summed E-state index contributed by atoms with van der Waals surface area (Å²) >= 11 is 0. The standard InChI is InChI=1S/C11H11FN4O/c1-14-11(17)9-4-5-16(15-9)10-3-2-7(12)6-8(10)13/h2-6H,13H2,1H3,(H,14,17). The summed E-state index contributed by atoms with van der Waals surface area (Å²) in [6.45, 7) is 0. The van der Waals surface area contributed by atoms with E-state index < -0.39 is 5.82 Å². The SMILES string of the molecule is CNC(=O)c1ccn(-c2ccc(F)cc2N)n1. The predicted octanol–water partition coefficient (Wildman–Crippen LogP) is 0.953. The van der Waals surface area contributed by atoms with Crippen LogP contribution in [0.3, 0.4) is 0 Å². The fourth-order valence-electron chi connectivity index (χ4n) is 1.44. The number of nitrogens with one attached hydrogen (secondary N) is 1. The highest BCUT2D eigenvalue weighted by molar-refractivity contribution is 5.91. The smallest absolute Gasteiger partial charge is 0.271 e. The molecule has 0 aliphatic heterocycles. The molecule has 0 radical (unpaired) electrons. The molecule has 0 atom stereocenters. The molecule has 0 aliphatic rings. The molecule has 2 rings (SSSR count). The van der Waals surface area contributed by atoms with Crippen LogP contribution >= 0.6 is 0 Å². The Morgan fingerprint density at radius 1 is 1.47 bits per heavy atom. The second-order valence-corrected chi connectivity index (χ2v) is 3.43. The number of amides is 1. The van der Waals surface area contributed by atoms with E-state index in [-0.39, 0.29) is 17.3 Å². The van der Waals surface area contributed by atoms with Gasteiger partial charge in [-0.1, -0.05) is 0 Å². The molecular weight excluding hydrogens is 223 g/mol. The van der Waals surface area contributed by atoms with Crippen LogP contribution in [0.15, 0.2) is 30.5 Å². The van der Waals surface area contributed by atoms with Gasteiger partial charge in [-0.2, -0.15) is 5.10 Å². The van der Waals surface area contributed by atoms with Gasteiger partial charge in [0.15, 0.2) is 5.69 Å². The van der Waals surface area contributed by atoms with Gasteiger partial charge in [0.05, 0.1) is 11.4 Å². The van der Waals surface area contributed by atoms with Gasteiger partial charge in [0.2, 0.25) is 0 Å². The second-order valence-electron chi connectivity index (χ2n) is 3.43. The van der Waals surface area contributed by atoms with Crippen LogP contribution in [-0.4, -0.2) is 22.7 Å². The first-order valence-electron chi connectivity index (χ1n) is 4.95. The van der Waals surface area contributed by atoms with Crippen LogP contribution in [-0.2, 0) is 0 Å². The van der Waals surface area contributed by atoms with Crippen LogP contribution < -0.4 is 11.1 Å². The zero-order valence-electron chi connectivity index (χ0n) is 9.14.